The van der Waals surface area contributed by atoms with Gasteiger partial charge in [0.1, 0.15) is 11.5 Å². The first-order valence-electron chi connectivity index (χ1n) is 8.48. The second kappa shape index (κ2) is 10.8. The molecule has 0 bridgehead atoms. The molecule has 27 heavy (non-hydrogen) atoms. The molecule has 2 rings (SSSR count). The molecule has 0 saturated carbocycles. The minimum atomic E-state index is -0.308. The molecule has 0 saturated heterocycles. The second-order valence-corrected chi connectivity index (χ2v) is 5.89. The Morgan fingerprint density at radius 2 is 1.70 bits per heavy atom. The minimum Gasteiger partial charge on any atom is -0.497 e. The van der Waals surface area contributed by atoms with Crippen molar-refractivity contribution in [1.82, 2.24) is 16.2 Å². The number of amides is 1. The summed E-state index contributed by atoms with van der Waals surface area (Å²) in [4.78, 5) is 11.8. The van der Waals surface area contributed by atoms with Crippen LogP contribution in [0.15, 0.2) is 54.6 Å². The third-order valence-electron chi connectivity index (χ3n) is 3.53. The van der Waals surface area contributed by atoms with Crippen LogP contribution in [0, 0.1) is 0 Å². The smallest absolute Gasteiger partial charge is 0.262 e. The third-order valence-corrected chi connectivity index (χ3v) is 3.78. The van der Waals surface area contributed by atoms with Gasteiger partial charge < -0.3 is 14.8 Å². The van der Waals surface area contributed by atoms with E-state index in [0.717, 1.165) is 22.6 Å². The van der Waals surface area contributed by atoms with Crippen LogP contribution in [0.1, 0.15) is 18.1 Å². The zero-order chi connectivity index (χ0) is 19.5. The molecule has 1 amide bonds. The molecule has 142 valence electrons. The monoisotopic (exact) mass is 385 g/mol. The summed E-state index contributed by atoms with van der Waals surface area (Å²) in [5.41, 5.74) is 7.12. The fourth-order valence-electron chi connectivity index (χ4n) is 2.14. The highest BCUT2D eigenvalue weighted by Crippen LogP contribution is 2.13. The molecule has 0 spiro atoms. The minimum absolute atomic E-state index is 0.308. The van der Waals surface area contributed by atoms with Gasteiger partial charge in [-0.05, 0) is 60.6 Å². The van der Waals surface area contributed by atoms with Crippen molar-refractivity contribution in [2.45, 2.75) is 13.5 Å². The Kier molecular flexibility index (Phi) is 8.12. The van der Waals surface area contributed by atoms with Gasteiger partial charge in [-0.15, -0.1) is 0 Å². The molecule has 0 unspecified atom stereocenters. The van der Waals surface area contributed by atoms with E-state index in [9.17, 15) is 4.79 Å². The molecule has 0 atom stereocenters. The SMILES string of the molecule is CCOc1ccc(/C=C/C(=O)NNC(=S)NCc2ccc(OC)cc2)cc1. The van der Waals surface area contributed by atoms with Crippen molar-refractivity contribution in [2.75, 3.05) is 13.7 Å². The van der Waals surface area contributed by atoms with Crippen molar-refractivity contribution in [3.8, 4) is 11.5 Å². The number of hydrazine groups is 1. The Bertz CT molecular complexity index is 774. The molecule has 0 aromatic heterocycles. The van der Waals surface area contributed by atoms with Crippen molar-refractivity contribution >= 4 is 29.3 Å². The van der Waals surface area contributed by atoms with Crippen LogP contribution in [-0.4, -0.2) is 24.7 Å². The highest BCUT2D eigenvalue weighted by atomic mass is 32.1. The summed E-state index contributed by atoms with van der Waals surface area (Å²) in [7, 11) is 1.62. The zero-order valence-corrected chi connectivity index (χ0v) is 16.1. The molecule has 2 aromatic carbocycles. The molecule has 0 radical (unpaired) electrons. The van der Waals surface area contributed by atoms with E-state index in [1.807, 2.05) is 55.5 Å². The maximum Gasteiger partial charge on any atom is 0.262 e. The summed E-state index contributed by atoms with van der Waals surface area (Å²) < 4.78 is 10.5. The van der Waals surface area contributed by atoms with Gasteiger partial charge in [0.2, 0.25) is 0 Å². The van der Waals surface area contributed by atoms with E-state index in [4.69, 9.17) is 21.7 Å². The van der Waals surface area contributed by atoms with E-state index in [2.05, 4.69) is 16.2 Å². The van der Waals surface area contributed by atoms with Crippen LogP contribution >= 0.6 is 12.2 Å². The van der Waals surface area contributed by atoms with Crippen LogP contribution in [0.2, 0.25) is 0 Å². The third kappa shape index (κ3) is 7.37. The van der Waals surface area contributed by atoms with Gasteiger partial charge in [-0.25, -0.2) is 0 Å². The maximum atomic E-state index is 11.8. The van der Waals surface area contributed by atoms with Gasteiger partial charge in [-0.1, -0.05) is 24.3 Å². The van der Waals surface area contributed by atoms with Gasteiger partial charge in [0, 0.05) is 12.6 Å². The first kappa shape index (κ1) is 20.3. The van der Waals surface area contributed by atoms with Crippen molar-refractivity contribution in [2.24, 2.45) is 0 Å². The number of hydrogen-bond donors (Lipinski definition) is 3. The Hall–Kier alpha value is -3.06. The van der Waals surface area contributed by atoms with E-state index in [-0.39, 0.29) is 5.91 Å². The highest BCUT2D eigenvalue weighted by molar-refractivity contribution is 7.80. The standard InChI is InChI=1S/C20H23N3O3S/c1-3-26-18-11-4-15(5-12-18)8-13-19(24)22-23-20(27)21-14-16-6-9-17(25-2)10-7-16/h4-13H,3,14H2,1-2H3,(H,22,24)(H2,21,23,27)/b13-8+. The molecule has 0 fully saturated rings. The summed E-state index contributed by atoms with van der Waals surface area (Å²) in [5.74, 6) is 1.29. The van der Waals surface area contributed by atoms with E-state index < -0.39 is 0 Å². The number of benzene rings is 2. The number of methoxy groups -OCH3 is 1. The second-order valence-electron chi connectivity index (χ2n) is 5.48. The first-order valence-corrected chi connectivity index (χ1v) is 8.89. The largest absolute Gasteiger partial charge is 0.497 e. The number of ether oxygens (including phenoxy) is 2. The first-order chi connectivity index (χ1) is 13.1. The summed E-state index contributed by atoms with van der Waals surface area (Å²) in [6, 6.07) is 15.1. The maximum absolute atomic E-state index is 11.8. The van der Waals surface area contributed by atoms with E-state index in [1.54, 1.807) is 13.2 Å². The molecule has 2 aromatic rings. The lowest BCUT2D eigenvalue weighted by Crippen LogP contribution is -2.45. The lowest BCUT2D eigenvalue weighted by atomic mass is 10.2. The molecule has 0 aliphatic heterocycles. The number of carbonyl (C=O) groups excluding carboxylic acids is 1. The van der Waals surface area contributed by atoms with E-state index in [1.165, 1.54) is 6.08 Å². The number of thiocarbonyl (C=S) groups is 1. The normalized spacial score (nSPS) is 10.3. The fourth-order valence-corrected chi connectivity index (χ4v) is 2.27. The number of carbonyl (C=O) groups is 1. The summed E-state index contributed by atoms with van der Waals surface area (Å²) >= 11 is 5.14. The Morgan fingerprint density at radius 3 is 2.33 bits per heavy atom. The van der Waals surface area contributed by atoms with Gasteiger partial charge in [0.25, 0.3) is 5.91 Å². The van der Waals surface area contributed by atoms with Gasteiger partial charge in [0.05, 0.1) is 13.7 Å². The average Bonchev–Trinajstić information content (AvgIpc) is 2.70. The molecule has 7 heteroatoms. The number of hydrogen-bond acceptors (Lipinski definition) is 4. The molecule has 0 aliphatic carbocycles. The van der Waals surface area contributed by atoms with Gasteiger partial charge in [-0.2, -0.15) is 0 Å². The van der Waals surface area contributed by atoms with Crippen molar-refractivity contribution in [3.63, 3.8) is 0 Å². The zero-order valence-electron chi connectivity index (χ0n) is 15.3. The Morgan fingerprint density at radius 1 is 1.04 bits per heavy atom. The van der Waals surface area contributed by atoms with Crippen molar-refractivity contribution < 1.29 is 14.3 Å². The van der Waals surface area contributed by atoms with E-state index in [0.29, 0.717) is 18.3 Å². The van der Waals surface area contributed by atoms with Crippen LogP contribution in [0.25, 0.3) is 6.08 Å². The van der Waals surface area contributed by atoms with Crippen LogP contribution < -0.4 is 25.6 Å². The number of rotatable bonds is 7. The lowest BCUT2D eigenvalue weighted by molar-refractivity contribution is -0.116. The van der Waals surface area contributed by atoms with Crippen molar-refractivity contribution in [3.05, 3.63) is 65.7 Å². The summed E-state index contributed by atoms with van der Waals surface area (Å²) in [6.07, 6.45) is 3.13. The lowest BCUT2D eigenvalue weighted by Gasteiger charge is -2.11. The molecule has 3 N–H and O–H groups in total. The van der Waals surface area contributed by atoms with Gasteiger partial charge >= 0.3 is 0 Å². The number of nitrogens with one attached hydrogen (secondary N) is 3. The Labute approximate surface area is 164 Å². The molecular formula is C20H23N3O3S. The van der Waals surface area contributed by atoms with E-state index >= 15 is 0 Å². The van der Waals surface area contributed by atoms with Crippen LogP contribution in [0.3, 0.4) is 0 Å². The summed E-state index contributed by atoms with van der Waals surface area (Å²) in [5, 5.41) is 3.34. The van der Waals surface area contributed by atoms with Crippen LogP contribution in [-0.2, 0) is 11.3 Å². The highest BCUT2D eigenvalue weighted by Gasteiger charge is 2.00. The molecule has 0 aliphatic rings. The van der Waals surface area contributed by atoms with Crippen LogP contribution in [0.4, 0.5) is 0 Å². The van der Waals surface area contributed by atoms with Crippen molar-refractivity contribution in [1.29, 1.82) is 0 Å². The fraction of sp³-hybridized carbons (Fsp3) is 0.200. The average molecular weight is 385 g/mol. The topological polar surface area (TPSA) is 71.6 Å². The molecular weight excluding hydrogens is 362 g/mol. The van der Waals surface area contributed by atoms with Crippen LogP contribution in [0.5, 0.6) is 11.5 Å². The Balaban J connectivity index is 1.71. The predicted octanol–water partition coefficient (Wildman–Crippen LogP) is 2.80. The van der Waals surface area contributed by atoms with Gasteiger partial charge in [-0.3, -0.25) is 15.6 Å². The molecule has 0 heterocycles. The predicted molar refractivity (Wildman–Crippen MR) is 110 cm³/mol. The van der Waals surface area contributed by atoms with Gasteiger partial charge in [0.15, 0.2) is 5.11 Å². The molecule has 6 nitrogen and oxygen atoms in total. The quantitative estimate of drug-likeness (QED) is 0.387. The summed E-state index contributed by atoms with van der Waals surface area (Å²) in [6.45, 7) is 3.09.